The van der Waals surface area contributed by atoms with Crippen molar-refractivity contribution in [3.8, 4) is 0 Å². The summed E-state index contributed by atoms with van der Waals surface area (Å²) in [6.07, 6.45) is 8.57. The molecule has 156 valence electrons. The Bertz CT molecular complexity index is 996. The number of aromatic amines is 1. The average Bonchev–Trinajstić information content (AvgIpc) is 3.33. The Morgan fingerprint density at radius 1 is 1.24 bits per heavy atom. The fourth-order valence-corrected chi connectivity index (χ4v) is 5.76. The SMILES string of the molecule is CC(NC(=O)CCCCCn1c(=S)[nH]c2ccccc2c1=O)C1CC2CCC1C2. The molecule has 2 fully saturated rings. The number of unbranched alkanes of at least 4 members (excludes halogenated alkanes) is 2. The third-order valence-corrected chi connectivity index (χ3v) is 7.32. The maximum Gasteiger partial charge on any atom is 0.262 e. The van der Waals surface area contributed by atoms with Crippen LogP contribution >= 0.6 is 12.2 Å². The number of para-hydroxylation sites is 1. The molecule has 0 radical (unpaired) electrons. The molecular formula is C23H31N3O2S. The summed E-state index contributed by atoms with van der Waals surface area (Å²) in [5.41, 5.74) is 0.738. The molecule has 0 spiro atoms. The highest BCUT2D eigenvalue weighted by atomic mass is 32.1. The summed E-state index contributed by atoms with van der Waals surface area (Å²) in [5, 5.41) is 3.90. The molecule has 1 aromatic carbocycles. The minimum absolute atomic E-state index is 0.0400. The number of aromatic nitrogens is 2. The highest BCUT2D eigenvalue weighted by Crippen LogP contribution is 2.49. The molecule has 4 unspecified atom stereocenters. The van der Waals surface area contributed by atoms with Crippen molar-refractivity contribution < 1.29 is 4.79 Å². The molecule has 1 heterocycles. The largest absolute Gasteiger partial charge is 0.353 e. The summed E-state index contributed by atoms with van der Waals surface area (Å²) in [7, 11) is 0. The Morgan fingerprint density at radius 2 is 2.07 bits per heavy atom. The van der Waals surface area contributed by atoms with Gasteiger partial charge >= 0.3 is 0 Å². The van der Waals surface area contributed by atoms with Crippen LogP contribution in [0.2, 0.25) is 0 Å². The second-order valence-electron chi connectivity index (χ2n) is 8.94. The van der Waals surface area contributed by atoms with E-state index in [-0.39, 0.29) is 11.5 Å². The van der Waals surface area contributed by atoms with Gasteiger partial charge in [-0.25, -0.2) is 0 Å². The number of carbonyl (C=O) groups is 1. The lowest BCUT2D eigenvalue weighted by Gasteiger charge is -2.28. The van der Waals surface area contributed by atoms with Crippen LogP contribution in [0.15, 0.2) is 29.1 Å². The molecule has 1 amide bonds. The van der Waals surface area contributed by atoms with Crippen LogP contribution in [0.1, 0.15) is 58.3 Å². The van der Waals surface area contributed by atoms with Gasteiger partial charge in [-0.2, -0.15) is 0 Å². The molecule has 2 aliphatic rings. The van der Waals surface area contributed by atoms with Gasteiger partial charge in [0.15, 0.2) is 4.77 Å². The van der Waals surface area contributed by atoms with E-state index in [0.717, 1.165) is 36.6 Å². The first-order valence-electron chi connectivity index (χ1n) is 11.0. The predicted molar refractivity (Wildman–Crippen MR) is 118 cm³/mol. The van der Waals surface area contributed by atoms with Gasteiger partial charge < -0.3 is 10.3 Å². The quantitative estimate of drug-likeness (QED) is 0.492. The van der Waals surface area contributed by atoms with Crippen molar-refractivity contribution in [3.05, 3.63) is 39.4 Å². The third-order valence-electron chi connectivity index (χ3n) is 7.00. The standard InChI is InChI=1S/C23H31N3O2S/c1-15(19-14-16-10-11-17(19)13-16)24-21(27)9-3-2-6-12-26-22(28)18-7-4-5-8-20(18)25-23(26)29/h4-5,7-8,15-17,19H,2-3,6,9-14H2,1H3,(H,24,27)(H,25,29). The number of amides is 1. The van der Waals surface area contributed by atoms with Gasteiger partial charge in [0.1, 0.15) is 0 Å². The van der Waals surface area contributed by atoms with Crippen LogP contribution < -0.4 is 10.9 Å². The summed E-state index contributed by atoms with van der Waals surface area (Å²) in [4.78, 5) is 28.1. The van der Waals surface area contributed by atoms with E-state index in [2.05, 4.69) is 17.2 Å². The fourth-order valence-electron chi connectivity index (χ4n) is 5.47. The zero-order valence-corrected chi connectivity index (χ0v) is 18.0. The van der Waals surface area contributed by atoms with Gasteiger partial charge in [-0.15, -0.1) is 0 Å². The van der Waals surface area contributed by atoms with Crippen molar-refractivity contribution in [1.29, 1.82) is 0 Å². The van der Waals surface area contributed by atoms with Gasteiger partial charge in [0, 0.05) is 19.0 Å². The number of benzene rings is 1. The Kier molecular flexibility index (Phi) is 6.18. The number of H-pyrrole nitrogens is 1. The Labute approximate surface area is 176 Å². The number of rotatable bonds is 8. The lowest BCUT2D eigenvalue weighted by atomic mass is 9.84. The molecule has 2 bridgehead atoms. The van der Waals surface area contributed by atoms with Gasteiger partial charge in [0.2, 0.25) is 5.91 Å². The van der Waals surface area contributed by atoms with Crippen molar-refractivity contribution in [2.45, 2.75) is 70.9 Å². The summed E-state index contributed by atoms with van der Waals surface area (Å²) >= 11 is 5.35. The first-order chi connectivity index (χ1) is 14.0. The number of nitrogens with zero attached hydrogens (tertiary/aromatic N) is 1. The highest BCUT2D eigenvalue weighted by molar-refractivity contribution is 7.71. The molecule has 1 aromatic heterocycles. The molecule has 2 aliphatic carbocycles. The lowest BCUT2D eigenvalue weighted by Crippen LogP contribution is -2.40. The van der Waals surface area contributed by atoms with Crippen LogP contribution in [0, 0.1) is 22.5 Å². The molecule has 2 saturated carbocycles. The van der Waals surface area contributed by atoms with Gasteiger partial charge in [-0.05, 0) is 81.1 Å². The zero-order valence-electron chi connectivity index (χ0n) is 17.2. The molecule has 29 heavy (non-hydrogen) atoms. The number of nitrogens with one attached hydrogen (secondary N) is 2. The minimum atomic E-state index is -0.0400. The van der Waals surface area contributed by atoms with E-state index in [9.17, 15) is 9.59 Å². The van der Waals surface area contributed by atoms with Crippen LogP contribution in [-0.2, 0) is 11.3 Å². The molecule has 2 aromatic rings. The van der Waals surface area contributed by atoms with Crippen molar-refractivity contribution in [2.75, 3.05) is 0 Å². The third kappa shape index (κ3) is 4.47. The minimum Gasteiger partial charge on any atom is -0.353 e. The van der Waals surface area contributed by atoms with Crippen LogP contribution in [0.3, 0.4) is 0 Å². The summed E-state index contributed by atoms with van der Waals surface area (Å²) in [6.45, 7) is 2.76. The first-order valence-corrected chi connectivity index (χ1v) is 11.4. The van der Waals surface area contributed by atoms with Crippen molar-refractivity contribution in [3.63, 3.8) is 0 Å². The topological polar surface area (TPSA) is 66.9 Å². The number of hydrogen-bond donors (Lipinski definition) is 2. The van der Waals surface area contributed by atoms with Crippen LogP contribution in [0.25, 0.3) is 10.9 Å². The lowest BCUT2D eigenvalue weighted by molar-refractivity contribution is -0.122. The van der Waals surface area contributed by atoms with E-state index in [1.165, 1.54) is 25.7 Å². The smallest absolute Gasteiger partial charge is 0.262 e. The molecule has 2 N–H and O–H groups in total. The molecule has 0 aliphatic heterocycles. The number of hydrogen-bond acceptors (Lipinski definition) is 3. The van der Waals surface area contributed by atoms with Gasteiger partial charge in [-0.3, -0.25) is 14.2 Å². The Morgan fingerprint density at radius 3 is 2.83 bits per heavy atom. The normalized spacial score (nSPS) is 24.1. The molecule has 4 rings (SSSR count). The zero-order chi connectivity index (χ0) is 20.4. The van der Waals surface area contributed by atoms with Gasteiger partial charge in [-0.1, -0.05) is 25.0 Å². The van der Waals surface area contributed by atoms with E-state index in [1.807, 2.05) is 24.3 Å². The van der Waals surface area contributed by atoms with E-state index in [4.69, 9.17) is 12.2 Å². The van der Waals surface area contributed by atoms with Crippen LogP contribution in [0.4, 0.5) is 0 Å². The number of carbonyl (C=O) groups excluding carboxylic acids is 1. The van der Waals surface area contributed by atoms with Crippen molar-refractivity contribution in [1.82, 2.24) is 14.9 Å². The molecular weight excluding hydrogens is 382 g/mol. The maximum atomic E-state index is 12.6. The molecule has 5 nitrogen and oxygen atoms in total. The van der Waals surface area contributed by atoms with Gasteiger partial charge in [0.25, 0.3) is 5.56 Å². The van der Waals surface area contributed by atoms with Gasteiger partial charge in [0.05, 0.1) is 10.9 Å². The average molecular weight is 414 g/mol. The summed E-state index contributed by atoms with van der Waals surface area (Å²) < 4.78 is 2.10. The van der Waals surface area contributed by atoms with E-state index >= 15 is 0 Å². The number of fused-ring (bicyclic) bond motifs is 3. The second-order valence-corrected chi connectivity index (χ2v) is 9.32. The fraction of sp³-hybridized carbons (Fsp3) is 0.609. The van der Waals surface area contributed by atoms with E-state index < -0.39 is 0 Å². The van der Waals surface area contributed by atoms with E-state index in [1.54, 1.807) is 4.57 Å². The predicted octanol–water partition coefficient (Wildman–Crippen LogP) is 4.56. The van der Waals surface area contributed by atoms with Crippen molar-refractivity contribution in [2.24, 2.45) is 17.8 Å². The first kappa shape index (κ1) is 20.3. The molecule has 0 saturated heterocycles. The maximum absolute atomic E-state index is 12.6. The highest BCUT2D eigenvalue weighted by Gasteiger charge is 2.42. The van der Waals surface area contributed by atoms with Crippen LogP contribution in [-0.4, -0.2) is 21.5 Å². The Hall–Kier alpha value is -1.95. The van der Waals surface area contributed by atoms with Crippen molar-refractivity contribution >= 4 is 29.0 Å². The molecule has 4 atom stereocenters. The summed E-state index contributed by atoms with van der Waals surface area (Å²) in [6, 6.07) is 7.74. The van der Waals surface area contributed by atoms with Crippen LogP contribution in [0.5, 0.6) is 0 Å². The monoisotopic (exact) mass is 413 g/mol. The summed E-state index contributed by atoms with van der Waals surface area (Å²) in [5.74, 6) is 2.59. The molecule has 6 heteroatoms. The van der Waals surface area contributed by atoms with E-state index in [0.29, 0.717) is 35.1 Å². The second kappa shape index (κ2) is 8.82. The Balaban J connectivity index is 1.21.